The molecule has 0 bridgehead atoms. The van der Waals surface area contributed by atoms with E-state index in [-0.39, 0.29) is 0 Å². The van der Waals surface area contributed by atoms with Crippen LogP contribution in [0.1, 0.15) is 16.1 Å². The Morgan fingerprint density at radius 3 is 3.00 bits per heavy atom. The molecule has 0 aliphatic carbocycles. The molecule has 5 heteroatoms. The van der Waals surface area contributed by atoms with Crippen molar-refractivity contribution in [3.05, 3.63) is 45.4 Å². The molecule has 1 aromatic carbocycles. The molecule has 0 saturated heterocycles. The first kappa shape index (κ1) is 16.0. The first-order valence-corrected chi connectivity index (χ1v) is 8.61. The van der Waals surface area contributed by atoms with Gasteiger partial charge >= 0.3 is 0 Å². The monoisotopic (exact) mass is 330 g/mol. The minimum Gasteiger partial charge on any atom is -0.497 e. The van der Waals surface area contributed by atoms with Crippen LogP contribution in [0.2, 0.25) is 0 Å². The van der Waals surface area contributed by atoms with Gasteiger partial charge in [-0.2, -0.15) is 0 Å². The first-order chi connectivity index (χ1) is 11.2. The Morgan fingerprint density at radius 1 is 1.39 bits per heavy atom. The zero-order valence-electron chi connectivity index (χ0n) is 13.8. The molecule has 1 aliphatic heterocycles. The molecule has 1 aromatic heterocycles. The summed E-state index contributed by atoms with van der Waals surface area (Å²) in [7, 11) is 3.84. The molecule has 23 heavy (non-hydrogen) atoms. The van der Waals surface area contributed by atoms with Gasteiger partial charge in [-0.3, -0.25) is 0 Å². The maximum absolute atomic E-state index is 5.85. The molecule has 1 aliphatic rings. The fraction of sp³-hybridized carbons (Fsp3) is 0.389. The predicted octanol–water partition coefficient (Wildman–Crippen LogP) is 3.41. The molecule has 0 saturated carbocycles. The van der Waals surface area contributed by atoms with Crippen molar-refractivity contribution in [2.75, 3.05) is 33.9 Å². The van der Waals surface area contributed by atoms with E-state index in [1.165, 1.54) is 10.5 Å². The molecule has 2 heterocycles. The highest BCUT2D eigenvalue weighted by molar-refractivity contribution is 7.09. The number of likely N-dealkylation sites (N-methyl/N-ethyl adjacent to an activating group) is 1. The Morgan fingerprint density at radius 2 is 2.26 bits per heavy atom. The number of benzene rings is 1. The van der Waals surface area contributed by atoms with Crippen LogP contribution >= 0.6 is 11.3 Å². The van der Waals surface area contributed by atoms with Crippen LogP contribution < -0.4 is 9.47 Å². The van der Waals surface area contributed by atoms with E-state index in [9.17, 15) is 0 Å². The van der Waals surface area contributed by atoms with Gasteiger partial charge in [-0.25, -0.2) is 4.98 Å². The van der Waals surface area contributed by atoms with Crippen molar-refractivity contribution in [3.8, 4) is 11.5 Å². The summed E-state index contributed by atoms with van der Waals surface area (Å²) >= 11 is 1.74. The Bertz CT molecular complexity index is 709. The number of fused-ring (bicyclic) bond motifs is 1. The molecular weight excluding hydrogens is 308 g/mol. The highest BCUT2D eigenvalue weighted by Gasteiger charge is 2.14. The predicted molar refractivity (Wildman–Crippen MR) is 94.5 cm³/mol. The summed E-state index contributed by atoms with van der Waals surface area (Å²) < 4.78 is 11.1. The number of ether oxygens (including phenoxy) is 2. The topological polar surface area (TPSA) is 34.6 Å². The van der Waals surface area contributed by atoms with Gasteiger partial charge in [0, 0.05) is 23.5 Å². The SMILES string of the molecule is COc1ccc2c(c1)C=C(CN(C)CCc1scnc1C)CO2. The zero-order chi connectivity index (χ0) is 16.2. The van der Waals surface area contributed by atoms with Crippen LogP contribution in [0.25, 0.3) is 6.08 Å². The summed E-state index contributed by atoms with van der Waals surface area (Å²) in [5.41, 5.74) is 5.46. The van der Waals surface area contributed by atoms with E-state index in [2.05, 4.69) is 29.9 Å². The highest BCUT2D eigenvalue weighted by atomic mass is 32.1. The zero-order valence-corrected chi connectivity index (χ0v) is 14.7. The highest BCUT2D eigenvalue weighted by Crippen LogP contribution is 2.30. The quantitative estimate of drug-likeness (QED) is 0.813. The van der Waals surface area contributed by atoms with E-state index in [1.54, 1.807) is 18.4 Å². The molecule has 0 unspecified atom stereocenters. The van der Waals surface area contributed by atoms with E-state index in [1.807, 2.05) is 23.7 Å². The molecule has 0 spiro atoms. The average Bonchev–Trinajstić information content (AvgIpc) is 2.97. The number of hydrogen-bond acceptors (Lipinski definition) is 5. The lowest BCUT2D eigenvalue weighted by molar-refractivity contribution is 0.309. The number of aromatic nitrogens is 1. The Hall–Kier alpha value is -1.85. The van der Waals surface area contributed by atoms with Gasteiger partial charge in [0.1, 0.15) is 18.1 Å². The summed E-state index contributed by atoms with van der Waals surface area (Å²) in [5.74, 6) is 1.79. The maximum atomic E-state index is 5.85. The summed E-state index contributed by atoms with van der Waals surface area (Å²) in [6.45, 7) is 4.66. The second-order valence-corrected chi connectivity index (χ2v) is 6.78. The molecule has 4 nitrogen and oxygen atoms in total. The van der Waals surface area contributed by atoms with Crippen molar-refractivity contribution in [1.82, 2.24) is 9.88 Å². The summed E-state index contributed by atoms with van der Waals surface area (Å²) in [6.07, 6.45) is 3.27. The van der Waals surface area contributed by atoms with Crippen molar-refractivity contribution >= 4 is 17.4 Å². The van der Waals surface area contributed by atoms with E-state index in [0.29, 0.717) is 6.61 Å². The minimum atomic E-state index is 0.656. The average molecular weight is 330 g/mol. The fourth-order valence-electron chi connectivity index (χ4n) is 2.71. The number of rotatable bonds is 6. The van der Waals surface area contributed by atoms with Crippen molar-refractivity contribution in [2.24, 2.45) is 0 Å². The van der Waals surface area contributed by atoms with Crippen LogP contribution in [0.15, 0.2) is 29.3 Å². The van der Waals surface area contributed by atoms with E-state index in [0.717, 1.165) is 42.3 Å². The molecule has 0 amide bonds. The van der Waals surface area contributed by atoms with Crippen LogP contribution in [0.5, 0.6) is 11.5 Å². The molecule has 0 fully saturated rings. The molecule has 122 valence electrons. The molecular formula is C18H22N2O2S. The number of thiazole rings is 1. The summed E-state index contributed by atoms with van der Waals surface area (Å²) in [4.78, 5) is 8.02. The Kier molecular flexibility index (Phi) is 4.98. The maximum Gasteiger partial charge on any atom is 0.127 e. The van der Waals surface area contributed by atoms with Crippen LogP contribution in [0, 0.1) is 6.92 Å². The number of aryl methyl sites for hydroxylation is 1. The second kappa shape index (κ2) is 7.15. The summed E-state index contributed by atoms with van der Waals surface area (Å²) in [5, 5.41) is 0. The molecule has 2 aromatic rings. The van der Waals surface area contributed by atoms with E-state index in [4.69, 9.17) is 9.47 Å². The van der Waals surface area contributed by atoms with Crippen molar-refractivity contribution in [2.45, 2.75) is 13.3 Å². The minimum absolute atomic E-state index is 0.656. The normalized spacial score (nSPS) is 13.5. The van der Waals surface area contributed by atoms with Crippen molar-refractivity contribution < 1.29 is 9.47 Å². The van der Waals surface area contributed by atoms with Gasteiger partial charge in [0.25, 0.3) is 0 Å². The largest absolute Gasteiger partial charge is 0.497 e. The molecule has 0 atom stereocenters. The smallest absolute Gasteiger partial charge is 0.127 e. The lowest BCUT2D eigenvalue weighted by Gasteiger charge is -2.23. The van der Waals surface area contributed by atoms with E-state index >= 15 is 0 Å². The standard InChI is InChI=1S/C18H22N2O2S/c1-13-18(23-12-19-13)6-7-20(2)10-14-8-15-9-16(21-3)4-5-17(15)22-11-14/h4-5,8-9,12H,6-7,10-11H2,1-3H3. The Balaban J connectivity index is 1.61. The number of hydrogen-bond donors (Lipinski definition) is 0. The van der Waals surface area contributed by atoms with Crippen LogP contribution in [-0.4, -0.2) is 43.7 Å². The first-order valence-electron chi connectivity index (χ1n) is 7.73. The molecule has 0 N–H and O–H groups in total. The van der Waals surface area contributed by atoms with Gasteiger partial charge < -0.3 is 14.4 Å². The van der Waals surface area contributed by atoms with E-state index < -0.39 is 0 Å². The third kappa shape index (κ3) is 3.92. The van der Waals surface area contributed by atoms with Crippen LogP contribution in [0.4, 0.5) is 0 Å². The molecule has 3 rings (SSSR count). The van der Waals surface area contributed by atoms with Gasteiger partial charge in [0.05, 0.1) is 18.3 Å². The molecule has 0 radical (unpaired) electrons. The summed E-state index contributed by atoms with van der Waals surface area (Å²) in [6, 6.07) is 5.92. The lowest BCUT2D eigenvalue weighted by Crippen LogP contribution is -2.26. The van der Waals surface area contributed by atoms with Gasteiger partial charge in [-0.05, 0) is 50.2 Å². The van der Waals surface area contributed by atoms with Crippen LogP contribution in [0.3, 0.4) is 0 Å². The third-order valence-electron chi connectivity index (χ3n) is 4.03. The van der Waals surface area contributed by atoms with Gasteiger partial charge in [-0.15, -0.1) is 11.3 Å². The van der Waals surface area contributed by atoms with Crippen molar-refractivity contribution in [3.63, 3.8) is 0 Å². The lowest BCUT2D eigenvalue weighted by atomic mass is 10.1. The third-order valence-corrected chi connectivity index (χ3v) is 5.02. The van der Waals surface area contributed by atoms with Crippen LogP contribution in [-0.2, 0) is 6.42 Å². The Labute approximate surface area is 141 Å². The number of nitrogens with zero attached hydrogens (tertiary/aromatic N) is 2. The van der Waals surface area contributed by atoms with Gasteiger partial charge in [-0.1, -0.05) is 0 Å². The fourth-order valence-corrected chi connectivity index (χ4v) is 3.48. The van der Waals surface area contributed by atoms with Gasteiger partial charge in [0.2, 0.25) is 0 Å². The second-order valence-electron chi connectivity index (χ2n) is 5.84. The van der Waals surface area contributed by atoms with Crippen molar-refractivity contribution in [1.29, 1.82) is 0 Å². The van der Waals surface area contributed by atoms with Gasteiger partial charge in [0.15, 0.2) is 0 Å². The number of methoxy groups -OCH3 is 1.